The van der Waals surface area contributed by atoms with Gasteiger partial charge < -0.3 is 15.1 Å². The summed E-state index contributed by atoms with van der Waals surface area (Å²) in [6.07, 6.45) is 1.44. The fourth-order valence-electron chi connectivity index (χ4n) is 3.93. The van der Waals surface area contributed by atoms with Gasteiger partial charge in [-0.05, 0) is 50.7 Å². The Bertz CT molecular complexity index is 845. The summed E-state index contributed by atoms with van der Waals surface area (Å²) in [5, 5.41) is 20.2. The number of aliphatic hydroxyl groups excluding tert-OH is 1. The number of hydrogen-bond donors (Lipinski definition) is 2. The first-order chi connectivity index (χ1) is 13.3. The van der Waals surface area contributed by atoms with E-state index < -0.39 is 18.0 Å². The van der Waals surface area contributed by atoms with Crippen molar-refractivity contribution in [3.05, 3.63) is 41.3 Å². The van der Waals surface area contributed by atoms with Crippen LogP contribution < -0.4 is 4.90 Å². The second kappa shape index (κ2) is 8.45. The first-order valence-electron chi connectivity index (χ1n) is 9.73. The van der Waals surface area contributed by atoms with Gasteiger partial charge in [-0.15, -0.1) is 11.3 Å². The third-order valence-electron chi connectivity index (χ3n) is 5.37. The molecule has 0 saturated heterocycles. The predicted molar refractivity (Wildman–Crippen MR) is 112 cm³/mol. The fraction of sp³-hybridized carbons (Fsp3) is 0.455. The zero-order valence-corrected chi connectivity index (χ0v) is 17.3. The Morgan fingerprint density at radius 1 is 1.18 bits per heavy atom. The van der Waals surface area contributed by atoms with Crippen LogP contribution in [0.15, 0.2) is 36.4 Å². The van der Waals surface area contributed by atoms with E-state index in [0.29, 0.717) is 24.4 Å². The highest BCUT2D eigenvalue weighted by Crippen LogP contribution is 2.39. The molecule has 1 unspecified atom stereocenters. The molecule has 1 saturated carbocycles. The number of hydrogen-bond acceptors (Lipinski definition) is 4. The third kappa shape index (κ3) is 4.13. The maximum Gasteiger partial charge on any atom is 0.348 e. The maximum absolute atomic E-state index is 13.4. The normalized spacial score (nSPS) is 22.2. The van der Waals surface area contributed by atoms with Crippen LogP contribution in [0, 0.1) is 11.8 Å². The first kappa shape index (κ1) is 20.6. The molecule has 0 aliphatic heterocycles. The Morgan fingerprint density at radius 3 is 2.43 bits per heavy atom. The summed E-state index contributed by atoms with van der Waals surface area (Å²) in [5.74, 6) is -1.32. The molecule has 5 nitrogen and oxygen atoms in total. The number of carboxylic acids is 1. The summed E-state index contributed by atoms with van der Waals surface area (Å²) in [7, 11) is 0. The monoisotopic (exact) mass is 401 g/mol. The lowest BCUT2D eigenvalue weighted by Gasteiger charge is -2.36. The van der Waals surface area contributed by atoms with E-state index in [1.807, 2.05) is 44.2 Å². The van der Waals surface area contributed by atoms with E-state index in [4.69, 9.17) is 0 Å². The molecule has 2 aromatic rings. The second-order valence-corrected chi connectivity index (χ2v) is 8.94. The van der Waals surface area contributed by atoms with Crippen LogP contribution in [0.4, 0.5) is 5.69 Å². The topological polar surface area (TPSA) is 77.8 Å². The average Bonchev–Trinajstić information content (AvgIpc) is 3.07. The van der Waals surface area contributed by atoms with Gasteiger partial charge in [0.15, 0.2) is 0 Å². The Hall–Kier alpha value is -2.18. The maximum atomic E-state index is 13.4. The smallest absolute Gasteiger partial charge is 0.348 e. The van der Waals surface area contributed by atoms with E-state index in [9.17, 15) is 19.8 Å². The van der Waals surface area contributed by atoms with Gasteiger partial charge in [0.1, 0.15) is 4.88 Å². The number of rotatable bonds is 5. The van der Waals surface area contributed by atoms with Gasteiger partial charge in [0.05, 0.1) is 17.7 Å². The molecule has 1 aromatic heterocycles. The number of aromatic carboxylic acids is 1. The highest BCUT2D eigenvalue weighted by Gasteiger charge is 2.38. The number of carboxylic acid groups (broad SMARTS) is 1. The quantitative estimate of drug-likeness (QED) is 0.764. The van der Waals surface area contributed by atoms with Crippen molar-refractivity contribution in [2.75, 3.05) is 4.90 Å². The summed E-state index contributed by atoms with van der Waals surface area (Å²) in [5.41, 5.74) is 1.34. The number of thiophene rings is 1. The highest BCUT2D eigenvalue weighted by molar-refractivity contribution is 7.18. The zero-order valence-electron chi connectivity index (χ0n) is 16.5. The third-order valence-corrected chi connectivity index (χ3v) is 6.54. The number of nitrogens with zero attached hydrogens (tertiary/aromatic N) is 1. The molecule has 3 atom stereocenters. The fourth-order valence-corrected chi connectivity index (χ4v) is 4.92. The molecule has 28 heavy (non-hydrogen) atoms. The molecule has 6 heteroatoms. The lowest BCUT2D eigenvalue weighted by atomic mass is 9.80. The minimum atomic E-state index is -1.04. The van der Waals surface area contributed by atoms with Crippen molar-refractivity contribution in [3.8, 4) is 10.4 Å². The van der Waals surface area contributed by atoms with Crippen molar-refractivity contribution in [3.63, 3.8) is 0 Å². The number of amides is 1. The molecule has 1 amide bonds. The van der Waals surface area contributed by atoms with Gasteiger partial charge >= 0.3 is 5.97 Å². The van der Waals surface area contributed by atoms with Gasteiger partial charge in [-0.3, -0.25) is 4.79 Å². The Labute approximate surface area is 169 Å². The summed E-state index contributed by atoms with van der Waals surface area (Å²) in [6.45, 7) is 5.83. The molecule has 1 heterocycles. The molecular formula is C22H27NO4S. The molecule has 1 aliphatic rings. The van der Waals surface area contributed by atoms with Crippen LogP contribution in [0.3, 0.4) is 0 Å². The first-order valence-corrected chi connectivity index (χ1v) is 10.5. The van der Waals surface area contributed by atoms with E-state index in [0.717, 1.165) is 16.9 Å². The largest absolute Gasteiger partial charge is 0.477 e. The highest BCUT2D eigenvalue weighted by atomic mass is 32.1. The minimum absolute atomic E-state index is 0.152. The SMILES string of the molecule is CC1CC[C@@H](C(=O)N(c2cc(-c3ccccc3)sc2C(=O)O)C(C)C)[C@@H](O)C1. The molecule has 1 fully saturated rings. The lowest BCUT2D eigenvalue weighted by molar-refractivity contribution is -0.128. The summed E-state index contributed by atoms with van der Waals surface area (Å²) in [6, 6.07) is 11.1. The summed E-state index contributed by atoms with van der Waals surface area (Å²) in [4.78, 5) is 27.8. The minimum Gasteiger partial charge on any atom is -0.477 e. The van der Waals surface area contributed by atoms with Crippen molar-refractivity contribution in [2.45, 2.75) is 52.2 Å². The molecule has 0 bridgehead atoms. The Balaban J connectivity index is 2.01. The van der Waals surface area contributed by atoms with Crippen molar-refractivity contribution in [1.29, 1.82) is 0 Å². The van der Waals surface area contributed by atoms with Gasteiger partial charge in [-0.25, -0.2) is 4.79 Å². The number of aliphatic hydroxyl groups is 1. The summed E-state index contributed by atoms with van der Waals surface area (Å²) < 4.78 is 0. The van der Waals surface area contributed by atoms with Crippen LogP contribution in [-0.4, -0.2) is 34.2 Å². The van der Waals surface area contributed by atoms with Crippen LogP contribution in [0.25, 0.3) is 10.4 Å². The summed E-state index contributed by atoms with van der Waals surface area (Å²) >= 11 is 1.18. The van der Waals surface area contributed by atoms with Crippen molar-refractivity contribution in [2.24, 2.45) is 11.8 Å². The molecule has 0 spiro atoms. The van der Waals surface area contributed by atoms with Crippen molar-refractivity contribution in [1.82, 2.24) is 0 Å². The van der Waals surface area contributed by atoms with Crippen LogP contribution in [-0.2, 0) is 4.79 Å². The number of benzene rings is 1. The zero-order chi connectivity index (χ0) is 20.4. The van der Waals surface area contributed by atoms with Gasteiger partial charge in [0, 0.05) is 10.9 Å². The molecule has 1 aliphatic carbocycles. The van der Waals surface area contributed by atoms with Gasteiger partial charge in [-0.1, -0.05) is 37.3 Å². The number of carbonyl (C=O) groups excluding carboxylic acids is 1. The van der Waals surface area contributed by atoms with E-state index in [2.05, 4.69) is 6.92 Å². The molecule has 150 valence electrons. The van der Waals surface area contributed by atoms with Crippen molar-refractivity contribution >= 4 is 28.9 Å². The van der Waals surface area contributed by atoms with E-state index in [1.54, 1.807) is 11.0 Å². The number of anilines is 1. The van der Waals surface area contributed by atoms with Gasteiger partial charge in [-0.2, -0.15) is 0 Å². The van der Waals surface area contributed by atoms with Gasteiger partial charge in [0.25, 0.3) is 0 Å². The van der Waals surface area contributed by atoms with E-state index in [-0.39, 0.29) is 16.8 Å². The standard InChI is InChI=1S/C22H27NO4S/c1-13(2)23(21(25)16-10-9-14(3)11-18(16)24)17-12-19(28-20(17)22(26)27)15-7-5-4-6-8-15/h4-8,12-14,16,18,24H,9-11H2,1-3H3,(H,26,27)/t14?,16-,18+/m1/s1. The van der Waals surface area contributed by atoms with E-state index >= 15 is 0 Å². The molecule has 0 radical (unpaired) electrons. The molecule has 2 N–H and O–H groups in total. The predicted octanol–water partition coefficient (Wildman–Crippen LogP) is 4.65. The van der Waals surface area contributed by atoms with Gasteiger partial charge in [0.2, 0.25) is 5.91 Å². The second-order valence-electron chi connectivity index (χ2n) is 7.89. The number of carbonyl (C=O) groups is 2. The molecule has 3 rings (SSSR count). The Morgan fingerprint density at radius 2 is 1.86 bits per heavy atom. The molecule has 1 aromatic carbocycles. The molecular weight excluding hydrogens is 374 g/mol. The van der Waals surface area contributed by atoms with Crippen LogP contribution >= 0.6 is 11.3 Å². The van der Waals surface area contributed by atoms with Crippen LogP contribution in [0.5, 0.6) is 0 Å². The van der Waals surface area contributed by atoms with Crippen molar-refractivity contribution < 1.29 is 19.8 Å². The van der Waals surface area contributed by atoms with Crippen LogP contribution in [0.2, 0.25) is 0 Å². The van der Waals surface area contributed by atoms with Crippen LogP contribution in [0.1, 0.15) is 49.7 Å². The Kier molecular flexibility index (Phi) is 6.20. The lowest BCUT2D eigenvalue weighted by Crippen LogP contribution is -2.46. The average molecular weight is 402 g/mol. The van der Waals surface area contributed by atoms with E-state index in [1.165, 1.54) is 11.3 Å².